The maximum Gasteiger partial charge on any atom is 0.119 e. The van der Waals surface area contributed by atoms with Crippen LogP contribution in [-0.4, -0.2) is 6.21 Å². The van der Waals surface area contributed by atoms with Crippen molar-refractivity contribution in [2.45, 2.75) is 6.61 Å². The highest BCUT2D eigenvalue weighted by atomic mass is 35.5. The van der Waals surface area contributed by atoms with E-state index in [0.29, 0.717) is 32.4 Å². The van der Waals surface area contributed by atoms with E-state index in [0.717, 1.165) is 16.8 Å². The molecule has 0 radical (unpaired) electrons. The Balaban J connectivity index is 1.57. The van der Waals surface area contributed by atoms with Crippen molar-refractivity contribution in [1.82, 2.24) is 0 Å². The molecule has 3 aromatic carbocycles. The van der Waals surface area contributed by atoms with Crippen LogP contribution in [0.3, 0.4) is 0 Å². The zero-order valence-corrected chi connectivity index (χ0v) is 16.9. The van der Waals surface area contributed by atoms with Gasteiger partial charge in [-0.25, -0.2) is 0 Å². The number of hydrogen-bond acceptors (Lipinski definition) is 3. The molecule has 0 aliphatic heterocycles. The molecule has 3 aromatic rings. The van der Waals surface area contributed by atoms with Gasteiger partial charge in [0.25, 0.3) is 0 Å². The second-order valence-corrected chi connectivity index (χ2v) is 7.19. The molecule has 0 atom stereocenters. The summed E-state index contributed by atoms with van der Waals surface area (Å²) in [5, 5.41) is 6.31. The van der Waals surface area contributed by atoms with Crippen molar-refractivity contribution in [3.05, 3.63) is 91.9 Å². The summed E-state index contributed by atoms with van der Waals surface area (Å²) in [6.45, 7) is 0.296. The van der Waals surface area contributed by atoms with Crippen LogP contribution in [0.15, 0.2) is 65.8 Å². The predicted octanol–water partition coefficient (Wildman–Crippen LogP) is 7.33. The normalized spacial score (nSPS) is 11.0. The molecule has 0 amide bonds. The van der Waals surface area contributed by atoms with Gasteiger partial charge >= 0.3 is 0 Å². The van der Waals surface area contributed by atoms with Crippen LogP contribution in [-0.2, 0) is 6.61 Å². The van der Waals surface area contributed by atoms with E-state index in [1.807, 2.05) is 24.3 Å². The summed E-state index contributed by atoms with van der Waals surface area (Å²) in [5.74, 6) is 0.709. The fourth-order valence-corrected chi connectivity index (χ4v) is 3.03. The fourth-order valence-electron chi connectivity index (χ4n) is 2.22. The Bertz CT molecular complexity index is 938. The van der Waals surface area contributed by atoms with Crippen LogP contribution >= 0.6 is 46.4 Å². The topological polar surface area (TPSA) is 33.6 Å². The smallest absolute Gasteiger partial charge is 0.119 e. The molecule has 0 saturated heterocycles. The summed E-state index contributed by atoms with van der Waals surface area (Å²) < 4.78 is 5.75. The van der Waals surface area contributed by atoms with Gasteiger partial charge in [0.1, 0.15) is 12.4 Å². The SMILES string of the molecule is Clc1ccc(NN=Cc2ccc(OCc3c(Cl)cccc3Cl)cc2)cc1Cl. The number of rotatable bonds is 6. The first-order valence-electron chi connectivity index (χ1n) is 7.93. The summed E-state index contributed by atoms with van der Waals surface area (Å²) >= 11 is 24.1. The van der Waals surface area contributed by atoms with Crippen molar-refractivity contribution in [3.8, 4) is 5.75 Å². The van der Waals surface area contributed by atoms with Crippen LogP contribution in [0.2, 0.25) is 20.1 Å². The molecule has 27 heavy (non-hydrogen) atoms. The zero-order chi connectivity index (χ0) is 19.2. The Morgan fingerprint density at radius 2 is 1.52 bits per heavy atom. The van der Waals surface area contributed by atoms with Crippen molar-refractivity contribution >= 4 is 58.3 Å². The van der Waals surface area contributed by atoms with Crippen LogP contribution in [0.5, 0.6) is 5.75 Å². The number of halogens is 4. The molecule has 0 bridgehead atoms. The van der Waals surface area contributed by atoms with Gasteiger partial charge < -0.3 is 4.74 Å². The number of hydrogen-bond donors (Lipinski definition) is 1. The molecule has 0 fully saturated rings. The van der Waals surface area contributed by atoms with Crippen molar-refractivity contribution in [3.63, 3.8) is 0 Å². The van der Waals surface area contributed by atoms with E-state index < -0.39 is 0 Å². The Labute approximate surface area is 177 Å². The summed E-state index contributed by atoms with van der Waals surface area (Å²) in [5.41, 5.74) is 5.32. The highest BCUT2D eigenvalue weighted by molar-refractivity contribution is 6.42. The summed E-state index contributed by atoms with van der Waals surface area (Å²) in [7, 11) is 0. The lowest BCUT2D eigenvalue weighted by Gasteiger charge is -2.09. The molecule has 0 saturated carbocycles. The zero-order valence-electron chi connectivity index (χ0n) is 13.9. The van der Waals surface area contributed by atoms with Gasteiger partial charge in [-0.1, -0.05) is 52.5 Å². The molecular weight excluding hydrogens is 426 g/mol. The lowest BCUT2D eigenvalue weighted by atomic mass is 10.2. The van der Waals surface area contributed by atoms with Crippen molar-refractivity contribution < 1.29 is 4.74 Å². The maximum atomic E-state index is 6.14. The van der Waals surface area contributed by atoms with E-state index in [1.54, 1.807) is 42.6 Å². The summed E-state index contributed by atoms with van der Waals surface area (Å²) in [6, 6.07) is 18.1. The summed E-state index contributed by atoms with van der Waals surface area (Å²) in [4.78, 5) is 0. The molecule has 0 aliphatic carbocycles. The Morgan fingerprint density at radius 1 is 0.815 bits per heavy atom. The molecule has 0 heterocycles. The molecule has 3 nitrogen and oxygen atoms in total. The van der Waals surface area contributed by atoms with E-state index in [1.165, 1.54) is 0 Å². The average molecular weight is 440 g/mol. The second-order valence-electron chi connectivity index (χ2n) is 5.56. The Hall–Kier alpha value is -1.91. The number of nitrogens with zero attached hydrogens (tertiary/aromatic N) is 1. The van der Waals surface area contributed by atoms with Crippen molar-refractivity contribution in [2.24, 2.45) is 5.10 Å². The first kappa shape index (κ1) is 19.8. The van der Waals surface area contributed by atoms with Gasteiger partial charge in [-0.15, -0.1) is 0 Å². The monoisotopic (exact) mass is 438 g/mol. The quantitative estimate of drug-likeness (QED) is 0.322. The first-order chi connectivity index (χ1) is 13.0. The van der Waals surface area contributed by atoms with E-state index in [2.05, 4.69) is 10.5 Å². The van der Waals surface area contributed by atoms with Crippen molar-refractivity contribution in [2.75, 3.05) is 5.43 Å². The molecule has 0 unspecified atom stereocenters. The Morgan fingerprint density at radius 3 is 2.19 bits per heavy atom. The van der Waals surface area contributed by atoms with Crippen molar-refractivity contribution in [1.29, 1.82) is 0 Å². The van der Waals surface area contributed by atoms with Gasteiger partial charge in [0.05, 0.1) is 21.9 Å². The lowest BCUT2D eigenvalue weighted by molar-refractivity contribution is 0.306. The van der Waals surface area contributed by atoms with E-state index in [-0.39, 0.29) is 0 Å². The van der Waals surface area contributed by atoms with E-state index in [4.69, 9.17) is 51.1 Å². The second kappa shape index (κ2) is 9.34. The Kier molecular flexibility index (Phi) is 6.86. The number of hydrazone groups is 1. The third-order valence-electron chi connectivity index (χ3n) is 3.65. The first-order valence-corrected chi connectivity index (χ1v) is 9.44. The summed E-state index contributed by atoms with van der Waals surface area (Å²) in [6.07, 6.45) is 1.69. The molecule has 7 heteroatoms. The van der Waals surface area contributed by atoms with Gasteiger partial charge in [0.15, 0.2) is 0 Å². The van der Waals surface area contributed by atoms with E-state index >= 15 is 0 Å². The number of benzene rings is 3. The molecule has 3 rings (SSSR count). The van der Waals surface area contributed by atoms with Gasteiger partial charge in [-0.05, 0) is 60.2 Å². The van der Waals surface area contributed by atoms with Crippen LogP contribution in [0.1, 0.15) is 11.1 Å². The molecule has 0 aromatic heterocycles. The largest absolute Gasteiger partial charge is 0.489 e. The minimum absolute atomic E-state index is 0.296. The number of ether oxygens (including phenoxy) is 1. The van der Waals surface area contributed by atoms with E-state index in [9.17, 15) is 0 Å². The third-order valence-corrected chi connectivity index (χ3v) is 5.10. The predicted molar refractivity (Wildman–Crippen MR) is 115 cm³/mol. The van der Waals surface area contributed by atoms with Gasteiger partial charge in [0.2, 0.25) is 0 Å². The van der Waals surface area contributed by atoms with Crippen LogP contribution in [0.4, 0.5) is 5.69 Å². The van der Waals surface area contributed by atoms with Gasteiger partial charge in [-0.2, -0.15) is 5.10 Å². The molecule has 138 valence electrons. The maximum absolute atomic E-state index is 6.14. The third kappa shape index (κ3) is 5.53. The highest BCUT2D eigenvalue weighted by Gasteiger charge is 2.06. The van der Waals surface area contributed by atoms with Gasteiger partial charge in [0, 0.05) is 15.6 Å². The van der Waals surface area contributed by atoms with Gasteiger partial charge in [-0.3, -0.25) is 5.43 Å². The molecule has 0 aliphatic rings. The molecule has 1 N–H and O–H groups in total. The fraction of sp³-hybridized carbons (Fsp3) is 0.0500. The molecule has 0 spiro atoms. The molecular formula is C20H14Cl4N2O. The minimum Gasteiger partial charge on any atom is -0.489 e. The minimum atomic E-state index is 0.296. The average Bonchev–Trinajstić information content (AvgIpc) is 2.65. The van der Waals surface area contributed by atoms with Crippen LogP contribution in [0, 0.1) is 0 Å². The number of nitrogens with one attached hydrogen (secondary N) is 1. The lowest BCUT2D eigenvalue weighted by Crippen LogP contribution is -1.97. The highest BCUT2D eigenvalue weighted by Crippen LogP contribution is 2.26. The standard InChI is InChI=1S/C20H14Cl4N2O/c21-17-2-1-3-18(22)16(17)12-27-15-7-4-13(5-8-15)11-25-26-14-6-9-19(23)20(24)10-14/h1-11,26H,12H2. The van der Waals surface area contributed by atoms with Crippen LogP contribution in [0.25, 0.3) is 0 Å². The van der Waals surface area contributed by atoms with Crippen LogP contribution < -0.4 is 10.2 Å². The number of anilines is 1.